The van der Waals surface area contributed by atoms with E-state index in [-0.39, 0.29) is 31.2 Å². The highest BCUT2D eigenvalue weighted by molar-refractivity contribution is 6.33. The van der Waals surface area contributed by atoms with Gasteiger partial charge in [-0.25, -0.2) is 4.79 Å². The molecule has 1 aliphatic rings. The monoisotopic (exact) mass is 413 g/mol. The summed E-state index contributed by atoms with van der Waals surface area (Å²) < 4.78 is 6.99. The molecule has 3 aromatic rings. The molecule has 29 heavy (non-hydrogen) atoms. The van der Waals surface area contributed by atoms with E-state index in [1.54, 1.807) is 28.8 Å². The lowest BCUT2D eigenvalue weighted by molar-refractivity contribution is -0.148. The van der Waals surface area contributed by atoms with E-state index in [0.717, 1.165) is 11.0 Å². The van der Waals surface area contributed by atoms with Crippen LogP contribution < -0.4 is 10.6 Å². The highest BCUT2D eigenvalue weighted by Crippen LogP contribution is 2.31. The van der Waals surface area contributed by atoms with Crippen LogP contribution in [0.1, 0.15) is 12.8 Å². The average molecular weight is 414 g/mol. The highest BCUT2D eigenvalue weighted by Gasteiger charge is 2.36. The third-order valence-electron chi connectivity index (χ3n) is 5.05. The Kier molecular flexibility index (Phi) is 5.40. The Morgan fingerprint density at radius 1 is 1.14 bits per heavy atom. The van der Waals surface area contributed by atoms with Crippen LogP contribution in [0, 0.1) is 5.92 Å². The number of ether oxygens (including phenoxy) is 1. The second-order valence-corrected chi connectivity index (χ2v) is 7.38. The summed E-state index contributed by atoms with van der Waals surface area (Å²) >= 11 is 6.16. The number of fused-ring (bicyclic) bond motifs is 1. The van der Waals surface area contributed by atoms with Crippen molar-refractivity contribution in [1.82, 2.24) is 9.55 Å². The number of nitrogens with one attached hydrogen (secondary N) is 1. The number of hydrogen-bond acceptors (Lipinski definition) is 4. The van der Waals surface area contributed by atoms with Crippen LogP contribution in [-0.4, -0.2) is 34.6 Å². The first-order valence-electron chi connectivity index (χ1n) is 9.43. The number of para-hydroxylation sites is 3. The van der Waals surface area contributed by atoms with E-state index in [4.69, 9.17) is 16.3 Å². The van der Waals surface area contributed by atoms with Gasteiger partial charge in [-0.05, 0) is 30.7 Å². The lowest BCUT2D eigenvalue weighted by atomic mass is 10.1. The SMILES string of the molecule is O=C(OCCCn1c(=O)[nH]c2ccccc21)[C@@H]1CC(=O)N(c2ccccc2Cl)C1. The Morgan fingerprint density at radius 2 is 1.90 bits per heavy atom. The van der Waals surface area contributed by atoms with Gasteiger partial charge in [0.15, 0.2) is 0 Å². The summed E-state index contributed by atoms with van der Waals surface area (Å²) in [6, 6.07) is 14.5. The van der Waals surface area contributed by atoms with Gasteiger partial charge >= 0.3 is 11.7 Å². The quantitative estimate of drug-likeness (QED) is 0.497. The zero-order chi connectivity index (χ0) is 20.4. The molecule has 4 rings (SSSR count). The molecule has 0 saturated carbocycles. The molecule has 0 bridgehead atoms. The van der Waals surface area contributed by atoms with E-state index in [1.807, 2.05) is 24.3 Å². The summed E-state index contributed by atoms with van der Waals surface area (Å²) in [5, 5.41) is 0.471. The van der Waals surface area contributed by atoms with Gasteiger partial charge in [-0.2, -0.15) is 0 Å². The van der Waals surface area contributed by atoms with Crippen LogP contribution in [0.15, 0.2) is 53.3 Å². The molecule has 2 aromatic carbocycles. The molecule has 2 heterocycles. The summed E-state index contributed by atoms with van der Waals surface area (Å²) in [5.41, 5.74) is 2.02. The lowest BCUT2D eigenvalue weighted by Gasteiger charge is -2.17. The molecule has 1 aliphatic heterocycles. The number of aryl methyl sites for hydroxylation is 1. The van der Waals surface area contributed by atoms with Crippen molar-refractivity contribution in [3.05, 3.63) is 64.0 Å². The molecule has 7 nitrogen and oxygen atoms in total. The van der Waals surface area contributed by atoms with Crippen LogP contribution >= 0.6 is 11.6 Å². The van der Waals surface area contributed by atoms with Crippen molar-refractivity contribution in [3.63, 3.8) is 0 Å². The van der Waals surface area contributed by atoms with Gasteiger partial charge in [-0.15, -0.1) is 0 Å². The van der Waals surface area contributed by atoms with E-state index in [1.165, 1.54) is 4.90 Å². The highest BCUT2D eigenvalue weighted by atomic mass is 35.5. The molecule has 1 atom stereocenters. The molecule has 150 valence electrons. The molecular weight excluding hydrogens is 394 g/mol. The van der Waals surface area contributed by atoms with E-state index < -0.39 is 11.9 Å². The number of H-pyrrole nitrogens is 1. The number of anilines is 1. The van der Waals surface area contributed by atoms with Gasteiger partial charge in [0.05, 0.1) is 34.3 Å². The molecule has 8 heteroatoms. The van der Waals surface area contributed by atoms with E-state index in [0.29, 0.717) is 23.7 Å². The van der Waals surface area contributed by atoms with Gasteiger partial charge in [-0.1, -0.05) is 35.9 Å². The number of rotatable bonds is 6. The molecule has 1 N–H and O–H groups in total. The molecule has 0 aliphatic carbocycles. The molecule has 1 aromatic heterocycles. The number of imidazole rings is 1. The summed E-state index contributed by atoms with van der Waals surface area (Å²) in [4.78, 5) is 41.1. The van der Waals surface area contributed by atoms with E-state index in [2.05, 4.69) is 4.98 Å². The Bertz CT molecular complexity index is 1120. The maximum atomic E-state index is 12.4. The Labute approximate surface area is 171 Å². The fourth-order valence-electron chi connectivity index (χ4n) is 3.61. The number of carbonyl (C=O) groups excluding carboxylic acids is 2. The zero-order valence-corrected chi connectivity index (χ0v) is 16.4. The molecular formula is C21H20ClN3O4. The van der Waals surface area contributed by atoms with Gasteiger partial charge < -0.3 is 14.6 Å². The van der Waals surface area contributed by atoms with Gasteiger partial charge in [0.1, 0.15) is 0 Å². The predicted molar refractivity (Wildman–Crippen MR) is 110 cm³/mol. The Hall–Kier alpha value is -3.06. The fraction of sp³-hybridized carbons (Fsp3) is 0.286. The van der Waals surface area contributed by atoms with Crippen LogP contribution in [0.4, 0.5) is 5.69 Å². The molecule has 0 spiro atoms. The normalized spacial score (nSPS) is 16.5. The smallest absolute Gasteiger partial charge is 0.326 e. The van der Waals surface area contributed by atoms with Gasteiger partial charge in [0, 0.05) is 19.5 Å². The first kappa shape index (κ1) is 19.3. The maximum Gasteiger partial charge on any atom is 0.326 e. The molecule has 1 amide bonds. The van der Waals surface area contributed by atoms with Crippen molar-refractivity contribution in [1.29, 1.82) is 0 Å². The maximum absolute atomic E-state index is 12.4. The number of esters is 1. The fourth-order valence-corrected chi connectivity index (χ4v) is 3.85. The number of aromatic amines is 1. The standard InChI is InChI=1S/C21H20ClN3O4/c22-15-6-1-3-8-17(15)25-13-14(12-19(25)26)20(27)29-11-5-10-24-18-9-4-2-7-16(18)23-21(24)28/h1-4,6-9,14H,5,10-13H2,(H,23,28)/t14-/m1/s1. The topological polar surface area (TPSA) is 84.4 Å². The lowest BCUT2D eigenvalue weighted by Crippen LogP contribution is -2.27. The van der Waals surface area contributed by atoms with Gasteiger partial charge in [0.2, 0.25) is 5.91 Å². The van der Waals surface area contributed by atoms with Crippen molar-refractivity contribution < 1.29 is 14.3 Å². The van der Waals surface area contributed by atoms with Crippen LogP contribution in [0.5, 0.6) is 0 Å². The third-order valence-corrected chi connectivity index (χ3v) is 5.37. The summed E-state index contributed by atoms with van der Waals surface area (Å²) in [6.07, 6.45) is 0.606. The minimum Gasteiger partial charge on any atom is -0.465 e. The predicted octanol–water partition coefficient (Wildman–Crippen LogP) is 2.97. The van der Waals surface area contributed by atoms with Crippen molar-refractivity contribution in [2.24, 2.45) is 5.92 Å². The van der Waals surface area contributed by atoms with E-state index in [9.17, 15) is 14.4 Å². The average Bonchev–Trinajstić information content (AvgIpc) is 3.25. The first-order chi connectivity index (χ1) is 14.0. The third kappa shape index (κ3) is 3.91. The number of nitrogens with zero attached hydrogens (tertiary/aromatic N) is 2. The minimum atomic E-state index is -0.519. The summed E-state index contributed by atoms with van der Waals surface area (Å²) in [6.45, 7) is 0.871. The molecule has 0 radical (unpaired) electrons. The molecule has 0 unspecified atom stereocenters. The Balaban J connectivity index is 1.31. The second kappa shape index (κ2) is 8.13. The van der Waals surface area contributed by atoms with Crippen molar-refractivity contribution in [2.45, 2.75) is 19.4 Å². The number of hydrogen-bond donors (Lipinski definition) is 1. The van der Waals surface area contributed by atoms with Crippen LogP contribution in [0.3, 0.4) is 0 Å². The number of halogens is 1. The second-order valence-electron chi connectivity index (χ2n) is 6.98. The zero-order valence-electron chi connectivity index (χ0n) is 15.6. The van der Waals surface area contributed by atoms with E-state index >= 15 is 0 Å². The first-order valence-corrected chi connectivity index (χ1v) is 9.81. The van der Waals surface area contributed by atoms with Crippen molar-refractivity contribution in [3.8, 4) is 0 Å². The number of amides is 1. The largest absolute Gasteiger partial charge is 0.465 e. The summed E-state index contributed by atoms with van der Waals surface area (Å²) in [7, 11) is 0. The Morgan fingerprint density at radius 3 is 2.72 bits per heavy atom. The molecule has 1 saturated heterocycles. The van der Waals surface area contributed by atoms with Gasteiger partial charge in [-0.3, -0.25) is 14.2 Å². The van der Waals surface area contributed by atoms with Gasteiger partial charge in [0.25, 0.3) is 0 Å². The van der Waals surface area contributed by atoms with Crippen LogP contribution in [0.2, 0.25) is 5.02 Å². The number of benzene rings is 2. The van der Waals surface area contributed by atoms with Crippen LogP contribution in [0.25, 0.3) is 11.0 Å². The minimum absolute atomic E-state index is 0.103. The number of carbonyl (C=O) groups is 2. The van der Waals surface area contributed by atoms with Crippen molar-refractivity contribution in [2.75, 3.05) is 18.1 Å². The van der Waals surface area contributed by atoms with Crippen molar-refractivity contribution >= 4 is 40.2 Å². The summed E-state index contributed by atoms with van der Waals surface area (Å²) in [5.74, 6) is -1.07. The molecule has 1 fully saturated rings. The number of aromatic nitrogens is 2. The van der Waals surface area contributed by atoms with Crippen LogP contribution in [-0.2, 0) is 20.9 Å².